The normalized spacial score (nSPS) is 16.6. The van der Waals surface area contributed by atoms with E-state index in [-0.39, 0.29) is 23.9 Å². The smallest absolute Gasteiger partial charge is 0.213 e. The van der Waals surface area contributed by atoms with E-state index in [1.807, 2.05) is 0 Å². The number of benzene rings is 1. The third kappa shape index (κ3) is 3.78. The second-order valence-electron chi connectivity index (χ2n) is 5.39. The fourth-order valence-corrected chi connectivity index (χ4v) is 2.40. The van der Waals surface area contributed by atoms with E-state index in [1.165, 1.54) is 0 Å². The van der Waals surface area contributed by atoms with Gasteiger partial charge in [0.1, 0.15) is 11.8 Å². The molecule has 0 saturated carbocycles. The van der Waals surface area contributed by atoms with Crippen LogP contribution in [0, 0.1) is 23.0 Å². The molecule has 1 aromatic carbocycles. The van der Waals surface area contributed by atoms with Crippen molar-refractivity contribution in [1.82, 2.24) is 4.98 Å². The lowest BCUT2D eigenvalue weighted by Crippen LogP contribution is -2.16. The molecule has 3 rings (SSSR count). The molecule has 0 radical (unpaired) electrons. The van der Waals surface area contributed by atoms with Crippen LogP contribution in [0.25, 0.3) is 0 Å². The van der Waals surface area contributed by atoms with Gasteiger partial charge in [0.15, 0.2) is 11.6 Å². The molecule has 2 aromatic rings. The van der Waals surface area contributed by atoms with Gasteiger partial charge in [-0.25, -0.2) is 13.8 Å². The van der Waals surface area contributed by atoms with Crippen molar-refractivity contribution in [2.45, 2.75) is 19.1 Å². The highest BCUT2D eigenvalue weighted by molar-refractivity contribution is 5.50. The van der Waals surface area contributed by atoms with Crippen LogP contribution in [0.1, 0.15) is 17.5 Å². The molecular weight excluding hydrogens is 316 g/mol. The molecule has 7 heteroatoms. The molecule has 124 valence electrons. The lowest BCUT2D eigenvalue weighted by atomic mass is 10.2. The third-order valence-corrected chi connectivity index (χ3v) is 3.62. The standard InChI is InChI=1S/C17H15F2N3O2/c18-14-5-12(8-20)6-15(19)17(14)22-9-11-1-3-21-16(7-11)24-13-2-4-23-10-13/h1,3,5-7,13,22H,2,4,9-10H2. The van der Waals surface area contributed by atoms with Crippen LogP contribution >= 0.6 is 0 Å². The first-order valence-electron chi connectivity index (χ1n) is 7.48. The number of hydrogen-bond donors (Lipinski definition) is 1. The highest BCUT2D eigenvalue weighted by Gasteiger charge is 2.18. The van der Waals surface area contributed by atoms with Crippen LogP contribution < -0.4 is 10.1 Å². The number of pyridine rings is 1. The number of halogens is 2. The molecule has 1 N–H and O–H groups in total. The maximum absolute atomic E-state index is 13.8. The Morgan fingerprint density at radius 1 is 1.33 bits per heavy atom. The molecule has 1 aliphatic rings. The Morgan fingerprint density at radius 3 is 2.79 bits per heavy atom. The molecule has 0 spiro atoms. The second kappa shape index (κ2) is 7.23. The predicted molar refractivity (Wildman–Crippen MR) is 82.5 cm³/mol. The van der Waals surface area contributed by atoms with E-state index in [0.29, 0.717) is 19.1 Å². The summed E-state index contributed by atoms with van der Waals surface area (Å²) >= 11 is 0. The van der Waals surface area contributed by atoms with Gasteiger partial charge in [-0.15, -0.1) is 0 Å². The summed E-state index contributed by atoms with van der Waals surface area (Å²) in [5, 5.41) is 11.4. The minimum Gasteiger partial charge on any atom is -0.472 e. The van der Waals surface area contributed by atoms with Gasteiger partial charge in [-0.05, 0) is 23.8 Å². The maximum atomic E-state index is 13.8. The quantitative estimate of drug-likeness (QED) is 0.912. The third-order valence-electron chi connectivity index (χ3n) is 3.62. The topological polar surface area (TPSA) is 67.2 Å². The zero-order valence-corrected chi connectivity index (χ0v) is 12.8. The molecule has 1 aromatic heterocycles. The molecule has 1 fully saturated rings. The first kappa shape index (κ1) is 16.1. The monoisotopic (exact) mass is 331 g/mol. The Morgan fingerprint density at radius 2 is 2.12 bits per heavy atom. The minimum absolute atomic E-state index is 0.0193. The zero-order chi connectivity index (χ0) is 16.9. The SMILES string of the molecule is N#Cc1cc(F)c(NCc2ccnc(OC3CCOC3)c2)c(F)c1. The van der Waals surface area contributed by atoms with Crippen LogP contribution in [0.5, 0.6) is 5.88 Å². The summed E-state index contributed by atoms with van der Waals surface area (Å²) < 4.78 is 38.6. The van der Waals surface area contributed by atoms with Crippen molar-refractivity contribution in [2.75, 3.05) is 18.5 Å². The van der Waals surface area contributed by atoms with Gasteiger partial charge in [0.25, 0.3) is 0 Å². The van der Waals surface area contributed by atoms with Crippen LogP contribution in [0.4, 0.5) is 14.5 Å². The van der Waals surface area contributed by atoms with Crippen molar-refractivity contribution >= 4 is 5.69 Å². The van der Waals surface area contributed by atoms with E-state index in [2.05, 4.69) is 10.3 Å². The largest absolute Gasteiger partial charge is 0.472 e. The minimum atomic E-state index is -0.805. The molecular formula is C17H15F2N3O2. The van der Waals surface area contributed by atoms with E-state index in [0.717, 1.165) is 24.1 Å². The Kier molecular flexibility index (Phi) is 4.87. The average molecular weight is 331 g/mol. The summed E-state index contributed by atoms with van der Waals surface area (Å²) in [6.07, 6.45) is 2.37. The number of anilines is 1. The Balaban J connectivity index is 1.67. The number of ether oxygens (including phenoxy) is 2. The zero-order valence-electron chi connectivity index (χ0n) is 12.8. The molecule has 5 nitrogen and oxygen atoms in total. The number of nitrogens with zero attached hydrogens (tertiary/aromatic N) is 2. The number of aromatic nitrogens is 1. The van der Waals surface area contributed by atoms with Crippen molar-refractivity contribution in [3.05, 3.63) is 53.2 Å². The first-order valence-corrected chi connectivity index (χ1v) is 7.48. The van der Waals surface area contributed by atoms with Gasteiger partial charge in [-0.3, -0.25) is 0 Å². The highest BCUT2D eigenvalue weighted by atomic mass is 19.1. The molecule has 2 heterocycles. The van der Waals surface area contributed by atoms with Gasteiger partial charge in [-0.1, -0.05) is 0 Å². The number of hydrogen-bond acceptors (Lipinski definition) is 5. The molecule has 0 bridgehead atoms. The van der Waals surface area contributed by atoms with Crippen molar-refractivity contribution in [3.8, 4) is 11.9 Å². The van der Waals surface area contributed by atoms with Crippen LogP contribution in [0.2, 0.25) is 0 Å². The summed E-state index contributed by atoms with van der Waals surface area (Å²) in [6.45, 7) is 1.40. The van der Waals surface area contributed by atoms with Crippen LogP contribution in [0.3, 0.4) is 0 Å². The second-order valence-corrected chi connectivity index (χ2v) is 5.39. The summed E-state index contributed by atoms with van der Waals surface area (Å²) in [4.78, 5) is 4.13. The van der Waals surface area contributed by atoms with Gasteiger partial charge in [0, 0.05) is 25.2 Å². The molecule has 1 atom stereocenters. The summed E-state index contributed by atoms with van der Waals surface area (Å²) in [5.41, 5.74) is 0.438. The van der Waals surface area contributed by atoms with Gasteiger partial charge in [0.05, 0.1) is 24.8 Å². The van der Waals surface area contributed by atoms with Gasteiger partial charge in [0.2, 0.25) is 5.88 Å². The predicted octanol–water partition coefficient (Wildman–Crippen LogP) is 3.01. The first-order chi connectivity index (χ1) is 11.7. The lowest BCUT2D eigenvalue weighted by molar-refractivity contribution is 0.138. The molecule has 1 aliphatic heterocycles. The summed E-state index contributed by atoms with van der Waals surface area (Å²) in [5.74, 6) is -1.16. The maximum Gasteiger partial charge on any atom is 0.213 e. The van der Waals surface area contributed by atoms with Gasteiger partial charge < -0.3 is 14.8 Å². The molecule has 0 aliphatic carbocycles. The molecule has 24 heavy (non-hydrogen) atoms. The van der Waals surface area contributed by atoms with E-state index >= 15 is 0 Å². The highest BCUT2D eigenvalue weighted by Crippen LogP contribution is 2.22. The summed E-state index contributed by atoms with van der Waals surface area (Å²) in [6, 6.07) is 7.13. The van der Waals surface area contributed by atoms with Crippen molar-refractivity contribution < 1.29 is 18.3 Å². The van der Waals surface area contributed by atoms with Gasteiger partial charge in [-0.2, -0.15) is 5.26 Å². The molecule has 1 saturated heterocycles. The van der Waals surface area contributed by atoms with Crippen molar-refractivity contribution in [1.29, 1.82) is 5.26 Å². The molecule has 0 amide bonds. The summed E-state index contributed by atoms with van der Waals surface area (Å²) in [7, 11) is 0. The van der Waals surface area contributed by atoms with Crippen LogP contribution in [0.15, 0.2) is 30.5 Å². The fourth-order valence-electron chi connectivity index (χ4n) is 2.40. The van der Waals surface area contributed by atoms with E-state index in [4.69, 9.17) is 14.7 Å². The molecule has 1 unspecified atom stereocenters. The van der Waals surface area contributed by atoms with E-state index in [1.54, 1.807) is 24.4 Å². The Bertz CT molecular complexity index is 748. The van der Waals surface area contributed by atoms with Crippen molar-refractivity contribution in [3.63, 3.8) is 0 Å². The number of rotatable bonds is 5. The Hall–Kier alpha value is -2.72. The van der Waals surface area contributed by atoms with Crippen LogP contribution in [-0.4, -0.2) is 24.3 Å². The van der Waals surface area contributed by atoms with Crippen molar-refractivity contribution in [2.24, 2.45) is 0 Å². The van der Waals surface area contributed by atoms with E-state index < -0.39 is 11.6 Å². The Labute approximate surface area is 137 Å². The van der Waals surface area contributed by atoms with E-state index in [9.17, 15) is 8.78 Å². The van der Waals surface area contributed by atoms with Crippen LogP contribution in [-0.2, 0) is 11.3 Å². The number of nitrogens with one attached hydrogen (secondary N) is 1. The van der Waals surface area contributed by atoms with Gasteiger partial charge >= 0.3 is 0 Å². The fraction of sp³-hybridized carbons (Fsp3) is 0.294. The number of nitriles is 1. The lowest BCUT2D eigenvalue weighted by Gasteiger charge is -2.13. The average Bonchev–Trinajstić information content (AvgIpc) is 3.07.